The molecule has 1 aliphatic rings. The number of ketones is 1. The van der Waals surface area contributed by atoms with Gasteiger partial charge in [0.1, 0.15) is 5.78 Å². The molecule has 3 nitrogen and oxygen atoms in total. The first kappa shape index (κ1) is 10.7. The fourth-order valence-corrected chi connectivity index (χ4v) is 1.83. The Morgan fingerprint density at radius 2 is 2.08 bits per heavy atom. The summed E-state index contributed by atoms with van der Waals surface area (Å²) in [4.78, 5) is 10.9. The zero-order chi connectivity index (χ0) is 10.1. The second-order valence-corrected chi connectivity index (χ2v) is 4.21. The highest BCUT2D eigenvalue weighted by Crippen LogP contribution is 2.27. The van der Waals surface area contributed by atoms with Crippen molar-refractivity contribution in [1.82, 2.24) is 0 Å². The van der Waals surface area contributed by atoms with Gasteiger partial charge in [-0.25, -0.2) is 0 Å². The summed E-state index contributed by atoms with van der Waals surface area (Å²) in [6.45, 7) is 7.37. The van der Waals surface area contributed by atoms with Gasteiger partial charge in [0, 0.05) is 12.8 Å². The summed E-state index contributed by atoms with van der Waals surface area (Å²) in [5, 5.41) is 0. The van der Waals surface area contributed by atoms with E-state index >= 15 is 0 Å². The second-order valence-electron chi connectivity index (χ2n) is 4.21. The number of carbonyl (C=O) groups is 1. The summed E-state index contributed by atoms with van der Waals surface area (Å²) in [5.74, 6) is -0.368. The zero-order valence-electron chi connectivity index (χ0n) is 8.79. The van der Waals surface area contributed by atoms with E-state index in [0.29, 0.717) is 6.42 Å². The molecule has 0 N–H and O–H groups in total. The Bertz CT molecular complexity index is 198. The molecule has 0 bridgehead atoms. The fraction of sp³-hybridized carbons (Fsp3) is 0.900. The van der Waals surface area contributed by atoms with Gasteiger partial charge in [-0.15, -0.1) is 0 Å². The maximum absolute atomic E-state index is 10.9. The second kappa shape index (κ2) is 3.76. The van der Waals surface area contributed by atoms with E-state index in [1.54, 1.807) is 6.92 Å². The molecule has 0 aromatic carbocycles. The third kappa shape index (κ3) is 3.44. The van der Waals surface area contributed by atoms with Crippen molar-refractivity contribution in [2.24, 2.45) is 0 Å². The van der Waals surface area contributed by atoms with Gasteiger partial charge in [0.05, 0.1) is 12.2 Å². The lowest BCUT2D eigenvalue weighted by atomic mass is 10.1. The van der Waals surface area contributed by atoms with Gasteiger partial charge in [0.15, 0.2) is 5.79 Å². The summed E-state index contributed by atoms with van der Waals surface area (Å²) >= 11 is 0. The van der Waals surface area contributed by atoms with Gasteiger partial charge in [-0.05, 0) is 27.7 Å². The molecular formula is C10H18O3. The first-order valence-corrected chi connectivity index (χ1v) is 4.74. The van der Waals surface area contributed by atoms with Crippen LogP contribution in [0.3, 0.4) is 0 Å². The number of hydrogen-bond donors (Lipinski definition) is 0. The van der Waals surface area contributed by atoms with Gasteiger partial charge >= 0.3 is 0 Å². The number of carbonyl (C=O) groups excluding carboxylic acids is 1. The maximum Gasteiger partial charge on any atom is 0.163 e. The first-order chi connectivity index (χ1) is 5.89. The molecule has 76 valence electrons. The number of Topliss-reactive ketones (excluding diaryl/α,β-unsaturated/α-hetero) is 1. The first-order valence-electron chi connectivity index (χ1n) is 4.74. The van der Waals surface area contributed by atoms with Crippen LogP contribution in [0.2, 0.25) is 0 Å². The van der Waals surface area contributed by atoms with Gasteiger partial charge in [-0.3, -0.25) is 4.79 Å². The van der Waals surface area contributed by atoms with E-state index in [2.05, 4.69) is 0 Å². The van der Waals surface area contributed by atoms with Crippen LogP contribution in [-0.2, 0) is 14.3 Å². The van der Waals surface area contributed by atoms with Gasteiger partial charge in [-0.2, -0.15) is 0 Å². The van der Waals surface area contributed by atoms with Gasteiger partial charge in [0.25, 0.3) is 0 Å². The Balaban J connectivity index is 2.52. The highest BCUT2D eigenvalue weighted by Gasteiger charge is 2.33. The molecule has 0 unspecified atom stereocenters. The number of hydrogen-bond acceptors (Lipinski definition) is 3. The average molecular weight is 186 g/mol. The fourth-order valence-electron chi connectivity index (χ4n) is 1.83. The molecule has 0 saturated carbocycles. The summed E-state index contributed by atoms with van der Waals surface area (Å²) in [5.41, 5.74) is 0. The van der Waals surface area contributed by atoms with Crippen molar-refractivity contribution >= 4 is 5.78 Å². The van der Waals surface area contributed by atoms with Crippen LogP contribution in [0.4, 0.5) is 0 Å². The monoisotopic (exact) mass is 186 g/mol. The molecule has 0 aromatic rings. The summed E-state index contributed by atoms with van der Waals surface area (Å²) < 4.78 is 11.2. The summed E-state index contributed by atoms with van der Waals surface area (Å²) in [6.07, 6.45) is 1.50. The highest BCUT2D eigenvalue weighted by atomic mass is 16.7. The van der Waals surface area contributed by atoms with E-state index in [9.17, 15) is 4.79 Å². The van der Waals surface area contributed by atoms with E-state index in [0.717, 1.165) is 6.42 Å². The van der Waals surface area contributed by atoms with E-state index < -0.39 is 5.79 Å². The van der Waals surface area contributed by atoms with E-state index in [1.807, 2.05) is 20.8 Å². The van der Waals surface area contributed by atoms with Crippen molar-refractivity contribution in [2.45, 2.75) is 58.5 Å². The lowest BCUT2D eigenvalue weighted by Gasteiger charge is -2.39. The smallest absolute Gasteiger partial charge is 0.163 e. The Kier molecular flexibility index (Phi) is 3.09. The van der Waals surface area contributed by atoms with Crippen molar-refractivity contribution in [3.05, 3.63) is 0 Å². The molecule has 1 fully saturated rings. The Labute approximate surface area is 79.4 Å². The third-order valence-electron chi connectivity index (χ3n) is 2.05. The Morgan fingerprint density at radius 3 is 2.54 bits per heavy atom. The Hall–Kier alpha value is -0.410. The van der Waals surface area contributed by atoms with Crippen LogP contribution >= 0.6 is 0 Å². The molecule has 1 saturated heterocycles. The molecule has 3 heteroatoms. The molecule has 0 radical (unpaired) electrons. The standard InChI is InChI=1S/C10H18O3/c1-7(11)5-9-6-8(2)12-10(3,4)13-9/h8-9H,5-6H2,1-4H3/t8-,9+/m1/s1. The number of ether oxygens (including phenoxy) is 2. The average Bonchev–Trinajstić information content (AvgIpc) is 1.78. The minimum absolute atomic E-state index is 0.0243. The van der Waals surface area contributed by atoms with Crippen molar-refractivity contribution in [2.75, 3.05) is 0 Å². The van der Waals surface area contributed by atoms with Gasteiger partial charge in [-0.1, -0.05) is 0 Å². The summed E-state index contributed by atoms with van der Waals surface area (Å²) in [7, 11) is 0. The van der Waals surface area contributed by atoms with Crippen LogP contribution in [0.5, 0.6) is 0 Å². The van der Waals surface area contributed by atoms with Crippen LogP contribution in [0.1, 0.15) is 40.5 Å². The lowest BCUT2D eigenvalue weighted by molar-refractivity contribution is -0.295. The lowest BCUT2D eigenvalue weighted by Crippen LogP contribution is -2.44. The molecule has 1 aliphatic heterocycles. The molecule has 0 aliphatic carbocycles. The van der Waals surface area contributed by atoms with Crippen LogP contribution in [0.15, 0.2) is 0 Å². The molecule has 1 heterocycles. The molecular weight excluding hydrogens is 168 g/mol. The van der Waals surface area contributed by atoms with Crippen molar-refractivity contribution in [3.63, 3.8) is 0 Å². The quantitative estimate of drug-likeness (QED) is 0.660. The normalized spacial score (nSPS) is 32.9. The van der Waals surface area contributed by atoms with Crippen molar-refractivity contribution in [1.29, 1.82) is 0 Å². The predicted octanol–water partition coefficient (Wildman–Crippen LogP) is 1.90. The van der Waals surface area contributed by atoms with Crippen molar-refractivity contribution in [3.8, 4) is 0 Å². The summed E-state index contributed by atoms with van der Waals surface area (Å²) in [6, 6.07) is 0. The molecule has 0 aromatic heterocycles. The predicted molar refractivity (Wildman–Crippen MR) is 49.4 cm³/mol. The van der Waals surface area contributed by atoms with Gasteiger partial charge in [0.2, 0.25) is 0 Å². The maximum atomic E-state index is 10.9. The van der Waals surface area contributed by atoms with Gasteiger partial charge < -0.3 is 9.47 Å². The Morgan fingerprint density at radius 1 is 1.46 bits per heavy atom. The third-order valence-corrected chi connectivity index (χ3v) is 2.05. The molecule has 1 rings (SSSR count). The minimum atomic E-state index is -0.544. The van der Waals surface area contributed by atoms with Crippen LogP contribution in [0, 0.1) is 0 Å². The topological polar surface area (TPSA) is 35.5 Å². The number of rotatable bonds is 2. The van der Waals surface area contributed by atoms with Crippen LogP contribution < -0.4 is 0 Å². The minimum Gasteiger partial charge on any atom is -0.347 e. The van der Waals surface area contributed by atoms with E-state index in [-0.39, 0.29) is 18.0 Å². The largest absolute Gasteiger partial charge is 0.347 e. The van der Waals surface area contributed by atoms with E-state index in [4.69, 9.17) is 9.47 Å². The molecule has 13 heavy (non-hydrogen) atoms. The molecule has 0 spiro atoms. The van der Waals surface area contributed by atoms with E-state index in [1.165, 1.54) is 0 Å². The van der Waals surface area contributed by atoms with Crippen LogP contribution in [0.25, 0.3) is 0 Å². The molecule has 2 atom stereocenters. The molecule has 0 amide bonds. The zero-order valence-corrected chi connectivity index (χ0v) is 8.79. The van der Waals surface area contributed by atoms with Crippen LogP contribution in [-0.4, -0.2) is 23.8 Å². The highest BCUT2D eigenvalue weighted by molar-refractivity contribution is 5.75. The SMILES string of the molecule is CC(=O)C[C@H]1C[C@@H](C)OC(C)(C)O1. The van der Waals surface area contributed by atoms with Crippen molar-refractivity contribution < 1.29 is 14.3 Å².